The van der Waals surface area contributed by atoms with Gasteiger partial charge in [-0.25, -0.2) is 4.68 Å². The summed E-state index contributed by atoms with van der Waals surface area (Å²) in [5.41, 5.74) is 5.58. The van der Waals surface area contributed by atoms with Gasteiger partial charge in [0.1, 0.15) is 0 Å². The maximum absolute atomic E-state index is 12.0. The van der Waals surface area contributed by atoms with E-state index in [1.54, 1.807) is 0 Å². The van der Waals surface area contributed by atoms with Crippen molar-refractivity contribution in [3.05, 3.63) is 43.8 Å². The molecule has 0 spiro atoms. The first-order valence-electron chi connectivity index (χ1n) is 6.12. The van der Waals surface area contributed by atoms with E-state index in [1.807, 2.05) is 6.92 Å². The van der Waals surface area contributed by atoms with Gasteiger partial charge < -0.3 is 10.5 Å². The van der Waals surface area contributed by atoms with Gasteiger partial charge in [0, 0.05) is 12.2 Å². The zero-order valence-electron chi connectivity index (χ0n) is 11.1. The van der Waals surface area contributed by atoms with Gasteiger partial charge in [0.25, 0.3) is 5.56 Å². The van der Waals surface area contributed by atoms with Gasteiger partial charge in [0.05, 0.1) is 16.2 Å². The lowest BCUT2D eigenvalue weighted by atomic mass is 10.3. The molecule has 0 unspecified atom stereocenters. The minimum atomic E-state index is -0.432. The molecule has 0 aliphatic heterocycles. The van der Waals surface area contributed by atoms with E-state index in [1.165, 1.54) is 23.0 Å². The Morgan fingerprint density at radius 1 is 1.29 bits per heavy atom. The SMILES string of the molecule is CCCn1ncc(Oc2c(Cl)cc(N)cc2Cl)c(Cl)c1=O. The number of nitrogens with zero attached hydrogens (tertiary/aromatic N) is 2. The van der Waals surface area contributed by atoms with E-state index in [0.29, 0.717) is 12.2 Å². The molecule has 0 fully saturated rings. The fourth-order valence-electron chi connectivity index (χ4n) is 1.68. The van der Waals surface area contributed by atoms with Crippen LogP contribution in [0.1, 0.15) is 13.3 Å². The predicted molar refractivity (Wildman–Crippen MR) is 84.7 cm³/mol. The van der Waals surface area contributed by atoms with E-state index < -0.39 is 5.56 Å². The van der Waals surface area contributed by atoms with Crippen LogP contribution in [0.4, 0.5) is 5.69 Å². The van der Waals surface area contributed by atoms with Crippen molar-refractivity contribution < 1.29 is 4.74 Å². The van der Waals surface area contributed by atoms with Gasteiger partial charge in [-0.05, 0) is 18.6 Å². The van der Waals surface area contributed by atoms with Crippen molar-refractivity contribution >= 4 is 40.5 Å². The number of rotatable bonds is 4. The summed E-state index contributed by atoms with van der Waals surface area (Å²) < 4.78 is 6.78. The summed E-state index contributed by atoms with van der Waals surface area (Å²) >= 11 is 18.1. The molecule has 2 aromatic rings. The lowest BCUT2D eigenvalue weighted by Gasteiger charge is -2.12. The summed E-state index contributed by atoms with van der Waals surface area (Å²) in [5, 5.41) is 4.34. The molecular weight excluding hydrogens is 337 g/mol. The molecule has 0 aliphatic carbocycles. The van der Waals surface area contributed by atoms with Crippen LogP contribution in [0.3, 0.4) is 0 Å². The van der Waals surface area contributed by atoms with E-state index in [-0.39, 0.29) is 26.6 Å². The van der Waals surface area contributed by atoms with Gasteiger partial charge in [-0.15, -0.1) is 0 Å². The Balaban J connectivity index is 2.42. The first kappa shape index (κ1) is 15.9. The number of nitrogen functional groups attached to an aromatic ring is 1. The lowest BCUT2D eigenvalue weighted by molar-refractivity contribution is 0.466. The summed E-state index contributed by atoms with van der Waals surface area (Å²) in [4.78, 5) is 12.0. The van der Waals surface area contributed by atoms with Crippen molar-refractivity contribution in [2.45, 2.75) is 19.9 Å². The quantitative estimate of drug-likeness (QED) is 0.848. The summed E-state index contributed by atoms with van der Waals surface area (Å²) in [6, 6.07) is 2.98. The highest BCUT2D eigenvalue weighted by Crippen LogP contribution is 2.39. The summed E-state index contributed by atoms with van der Waals surface area (Å²) in [7, 11) is 0. The van der Waals surface area contributed by atoms with Crippen LogP contribution in [0, 0.1) is 0 Å². The van der Waals surface area contributed by atoms with Crippen molar-refractivity contribution in [3.8, 4) is 11.5 Å². The van der Waals surface area contributed by atoms with Gasteiger partial charge in [-0.3, -0.25) is 4.79 Å². The molecule has 0 aliphatic rings. The molecule has 5 nitrogen and oxygen atoms in total. The number of benzene rings is 1. The standard InChI is InChI=1S/C13H12Cl3N3O2/c1-2-3-19-13(20)11(16)10(6-18-19)21-12-8(14)4-7(17)5-9(12)15/h4-6H,2-3,17H2,1H3. The Morgan fingerprint density at radius 3 is 2.48 bits per heavy atom. The van der Waals surface area contributed by atoms with E-state index in [4.69, 9.17) is 45.3 Å². The molecule has 21 heavy (non-hydrogen) atoms. The molecule has 0 radical (unpaired) electrons. The molecule has 0 saturated heterocycles. The topological polar surface area (TPSA) is 70.1 Å². The van der Waals surface area contributed by atoms with Crippen LogP contribution in [-0.2, 0) is 6.54 Å². The van der Waals surface area contributed by atoms with Crippen LogP contribution in [0.5, 0.6) is 11.5 Å². The number of ether oxygens (including phenoxy) is 1. The molecular formula is C13H12Cl3N3O2. The molecule has 2 rings (SSSR count). The van der Waals surface area contributed by atoms with Crippen molar-refractivity contribution in [1.82, 2.24) is 9.78 Å². The largest absolute Gasteiger partial charge is 0.451 e. The summed E-state index contributed by atoms with van der Waals surface area (Å²) in [5.74, 6) is 0.256. The van der Waals surface area contributed by atoms with Gasteiger partial charge in [-0.2, -0.15) is 5.10 Å². The van der Waals surface area contributed by atoms with Crippen LogP contribution in [-0.4, -0.2) is 9.78 Å². The molecule has 0 saturated carbocycles. The zero-order chi connectivity index (χ0) is 15.6. The Morgan fingerprint density at radius 2 is 1.90 bits per heavy atom. The highest BCUT2D eigenvalue weighted by atomic mass is 35.5. The predicted octanol–water partition coefficient (Wildman–Crippen LogP) is 3.99. The second kappa shape index (κ2) is 6.56. The first-order chi connectivity index (χ1) is 9.93. The summed E-state index contributed by atoms with van der Waals surface area (Å²) in [6.07, 6.45) is 2.11. The van der Waals surface area contributed by atoms with E-state index in [2.05, 4.69) is 5.10 Å². The van der Waals surface area contributed by atoms with Gasteiger partial charge in [0.2, 0.25) is 0 Å². The molecule has 1 heterocycles. The Bertz CT molecular complexity index is 708. The van der Waals surface area contributed by atoms with Crippen LogP contribution in [0.25, 0.3) is 0 Å². The van der Waals surface area contributed by atoms with E-state index in [0.717, 1.165) is 6.42 Å². The number of anilines is 1. The third-order valence-corrected chi connectivity index (χ3v) is 3.53. The van der Waals surface area contributed by atoms with Crippen LogP contribution < -0.4 is 16.0 Å². The number of nitrogens with two attached hydrogens (primary N) is 1. The average Bonchev–Trinajstić information content (AvgIpc) is 2.41. The van der Waals surface area contributed by atoms with Crippen molar-refractivity contribution in [3.63, 3.8) is 0 Å². The molecule has 0 atom stereocenters. The minimum Gasteiger partial charge on any atom is -0.451 e. The smallest absolute Gasteiger partial charge is 0.289 e. The van der Waals surface area contributed by atoms with Crippen molar-refractivity contribution in [2.24, 2.45) is 0 Å². The fraction of sp³-hybridized carbons (Fsp3) is 0.231. The number of halogens is 3. The molecule has 1 aromatic heterocycles. The average molecular weight is 349 g/mol. The number of hydrogen-bond acceptors (Lipinski definition) is 4. The monoisotopic (exact) mass is 347 g/mol. The second-order valence-electron chi connectivity index (χ2n) is 4.27. The lowest BCUT2D eigenvalue weighted by Crippen LogP contribution is -2.23. The Hall–Kier alpha value is -1.43. The van der Waals surface area contributed by atoms with Gasteiger partial charge in [-0.1, -0.05) is 41.7 Å². The Kier molecular flexibility index (Phi) is 4.98. The number of aromatic nitrogens is 2. The van der Waals surface area contributed by atoms with Gasteiger partial charge in [0.15, 0.2) is 16.5 Å². The van der Waals surface area contributed by atoms with E-state index in [9.17, 15) is 4.79 Å². The molecule has 0 bridgehead atoms. The second-order valence-corrected chi connectivity index (χ2v) is 5.46. The zero-order valence-corrected chi connectivity index (χ0v) is 13.3. The summed E-state index contributed by atoms with van der Waals surface area (Å²) in [6.45, 7) is 2.41. The third-order valence-electron chi connectivity index (χ3n) is 2.62. The number of hydrogen-bond donors (Lipinski definition) is 1. The number of aryl methyl sites for hydroxylation is 1. The van der Waals surface area contributed by atoms with E-state index >= 15 is 0 Å². The Labute approximate surface area is 136 Å². The fourth-order valence-corrected chi connectivity index (χ4v) is 2.45. The van der Waals surface area contributed by atoms with Crippen LogP contribution in [0.2, 0.25) is 15.1 Å². The highest BCUT2D eigenvalue weighted by Gasteiger charge is 2.15. The molecule has 8 heteroatoms. The maximum Gasteiger partial charge on any atom is 0.289 e. The maximum atomic E-state index is 12.0. The van der Waals surface area contributed by atoms with Gasteiger partial charge >= 0.3 is 0 Å². The molecule has 0 amide bonds. The highest BCUT2D eigenvalue weighted by molar-refractivity contribution is 6.37. The van der Waals surface area contributed by atoms with Crippen molar-refractivity contribution in [1.29, 1.82) is 0 Å². The first-order valence-corrected chi connectivity index (χ1v) is 7.25. The van der Waals surface area contributed by atoms with Crippen LogP contribution >= 0.6 is 34.8 Å². The normalized spacial score (nSPS) is 10.7. The minimum absolute atomic E-state index is 0.0811. The van der Waals surface area contributed by atoms with Crippen molar-refractivity contribution in [2.75, 3.05) is 5.73 Å². The third kappa shape index (κ3) is 3.43. The molecule has 112 valence electrons. The molecule has 1 aromatic carbocycles. The molecule has 2 N–H and O–H groups in total. The van der Waals surface area contributed by atoms with Crippen LogP contribution in [0.15, 0.2) is 23.1 Å².